The van der Waals surface area contributed by atoms with Gasteiger partial charge in [-0.2, -0.15) is 0 Å². The molecular weight excluding hydrogens is 268 g/mol. The Kier molecular flexibility index (Phi) is 5.21. The van der Waals surface area contributed by atoms with Crippen LogP contribution in [0.5, 0.6) is 11.5 Å². The van der Waals surface area contributed by atoms with Crippen LogP contribution in [0.4, 0.5) is 0 Å². The fourth-order valence-electron chi connectivity index (χ4n) is 1.87. The maximum Gasteiger partial charge on any atom is 0.335 e. The van der Waals surface area contributed by atoms with Gasteiger partial charge in [0.15, 0.2) is 0 Å². The van der Waals surface area contributed by atoms with Gasteiger partial charge in [-0.1, -0.05) is 24.3 Å². The van der Waals surface area contributed by atoms with Crippen molar-refractivity contribution in [2.24, 2.45) is 0 Å². The number of aromatic carboxylic acids is 1. The Balaban J connectivity index is 1.74. The van der Waals surface area contributed by atoms with E-state index in [9.17, 15) is 4.79 Å². The summed E-state index contributed by atoms with van der Waals surface area (Å²) in [6, 6.07) is 14.3. The van der Waals surface area contributed by atoms with E-state index in [1.807, 2.05) is 31.2 Å². The van der Waals surface area contributed by atoms with E-state index in [-0.39, 0.29) is 5.56 Å². The molecule has 0 unspecified atom stereocenters. The molecule has 1 N–H and O–H groups in total. The first-order valence-electron chi connectivity index (χ1n) is 6.81. The Morgan fingerprint density at radius 2 is 1.81 bits per heavy atom. The zero-order valence-corrected chi connectivity index (χ0v) is 11.9. The maximum atomic E-state index is 10.8. The lowest BCUT2D eigenvalue weighted by Gasteiger charge is -2.10. The summed E-state index contributed by atoms with van der Waals surface area (Å²) in [5, 5.41) is 8.90. The van der Waals surface area contributed by atoms with Crippen LogP contribution < -0.4 is 9.47 Å². The highest BCUT2D eigenvalue weighted by molar-refractivity contribution is 5.87. The SMILES string of the molecule is Cc1ccccc1OCCCOc1cccc(C(=O)O)c1. The van der Waals surface area contributed by atoms with Crippen LogP contribution in [0.3, 0.4) is 0 Å². The topological polar surface area (TPSA) is 55.8 Å². The molecule has 0 fully saturated rings. The highest BCUT2D eigenvalue weighted by Gasteiger charge is 2.03. The Labute approximate surface area is 123 Å². The lowest BCUT2D eigenvalue weighted by Crippen LogP contribution is -2.06. The van der Waals surface area contributed by atoms with Crippen LogP contribution in [0.1, 0.15) is 22.3 Å². The van der Waals surface area contributed by atoms with Gasteiger partial charge in [-0.05, 0) is 36.8 Å². The molecule has 0 spiro atoms. The zero-order valence-electron chi connectivity index (χ0n) is 11.9. The second-order valence-electron chi connectivity index (χ2n) is 4.65. The minimum absolute atomic E-state index is 0.226. The standard InChI is InChI=1S/C17H18O4/c1-13-6-2-3-9-16(13)21-11-5-10-20-15-8-4-7-14(12-15)17(18)19/h2-4,6-9,12H,5,10-11H2,1H3,(H,18,19). The van der Waals surface area contributed by atoms with Gasteiger partial charge < -0.3 is 14.6 Å². The number of rotatable bonds is 7. The normalized spacial score (nSPS) is 10.1. The number of carboxylic acids is 1. The lowest BCUT2D eigenvalue weighted by atomic mass is 10.2. The van der Waals surface area contributed by atoms with Gasteiger partial charge in [0.1, 0.15) is 11.5 Å². The first-order chi connectivity index (χ1) is 10.2. The van der Waals surface area contributed by atoms with Crippen molar-refractivity contribution in [2.75, 3.05) is 13.2 Å². The number of carboxylic acid groups (broad SMARTS) is 1. The first kappa shape index (κ1) is 14.9. The van der Waals surface area contributed by atoms with Gasteiger partial charge in [-0.15, -0.1) is 0 Å². The molecule has 0 saturated heterocycles. The molecule has 0 radical (unpaired) electrons. The summed E-state index contributed by atoms with van der Waals surface area (Å²) in [7, 11) is 0. The molecule has 21 heavy (non-hydrogen) atoms. The summed E-state index contributed by atoms with van der Waals surface area (Å²) >= 11 is 0. The molecule has 0 aliphatic rings. The third kappa shape index (κ3) is 4.53. The zero-order chi connectivity index (χ0) is 15.1. The van der Waals surface area contributed by atoms with Crippen molar-refractivity contribution >= 4 is 5.97 Å². The largest absolute Gasteiger partial charge is 0.493 e. The summed E-state index contributed by atoms with van der Waals surface area (Å²) in [5.74, 6) is 0.486. The van der Waals surface area contributed by atoms with Crippen LogP contribution in [0, 0.1) is 6.92 Å². The molecular formula is C17H18O4. The van der Waals surface area contributed by atoms with E-state index in [2.05, 4.69) is 0 Å². The number of ether oxygens (including phenoxy) is 2. The molecule has 0 amide bonds. The molecule has 0 aliphatic heterocycles. The molecule has 4 heteroatoms. The molecule has 2 rings (SSSR count). The van der Waals surface area contributed by atoms with Gasteiger partial charge in [-0.25, -0.2) is 4.79 Å². The molecule has 0 heterocycles. The molecule has 2 aromatic rings. The summed E-state index contributed by atoms with van der Waals surface area (Å²) in [6.45, 7) is 3.04. The number of hydrogen-bond acceptors (Lipinski definition) is 3. The second-order valence-corrected chi connectivity index (χ2v) is 4.65. The average molecular weight is 286 g/mol. The summed E-state index contributed by atoms with van der Waals surface area (Å²) < 4.78 is 11.2. The van der Waals surface area contributed by atoms with Crippen molar-refractivity contribution in [1.29, 1.82) is 0 Å². The third-order valence-electron chi connectivity index (χ3n) is 2.99. The minimum Gasteiger partial charge on any atom is -0.493 e. The van der Waals surface area contributed by atoms with E-state index < -0.39 is 5.97 Å². The number of benzene rings is 2. The van der Waals surface area contributed by atoms with Gasteiger partial charge in [0.25, 0.3) is 0 Å². The molecule has 4 nitrogen and oxygen atoms in total. The fourth-order valence-corrected chi connectivity index (χ4v) is 1.87. The van der Waals surface area contributed by atoms with E-state index in [1.54, 1.807) is 12.1 Å². The third-order valence-corrected chi connectivity index (χ3v) is 2.99. The maximum absolute atomic E-state index is 10.8. The van der Waals surface area contributed by atoms with Crippen LogP contribution in [0.15, 0.2) is 48.5 Å². The van der Waals surface area contributed by atoms with Crippen molar-refractivity contribution < 1.29 is 19.4 Å². The highest BCUT2D eigenvalue weighted by atomic mass is 16.5. The Hall–Kier alpha value is -2.49. The molecule has 0 atom stereocenters. The first-order valence-corrected chi connectivity index (χ1v) is 6.81. The quantitative estimate of drug-likeness (QED) is 0.791. The molecule has 0 aliphatic carbocycles. The number of carbonyl (C=O) groups is 1. The molecule has 2 aromatic carbocycles. The van der Waals surface area contributed by atoms with Crippen LogP contribution in [0.2, 0.25) is 0 Å². The van der Waals surface area contributed by atoms with Gasteiger partial charge in [0, 0.05) is 6.42 Å². The predicted molar refractivity (Wildman–Crippen MR) is 80.2 cm³/mol. The van der Waals surface area contributed by atoms with E-state index >= 15 is 0 Å². The average Bonchev–Trinajstić information content (AvgIpc) is 2.49. The summed E-state index contributed by atoms with van der Waals surface area (Å²) in [5.41, 5.74) is 1.33. The van der Waals surface area contributed by atoms with E-state index in [0.29, 0.717) is 19.0 Å². The lowest BCUT2D eigenvalue weighted by molar-refractivity contribution is 0.0696. The second kappa shape index (κ2) is 7.33. The predicted octanol–water partition coefficient (Wildman–Crippen LogP) is 3.54. The highest BCUT2D eigenvalue weighted by Crippen LogP contribution is 2.17. The van der Waals surface area contributed by atoms with Gasteiger partial charge in [-0.3, -0.25) is 0 Å². The van der Waals surface area contributed by atoms with E-state index in [1.165, 1.54) is 12.1 Å². The Bertz CT molecular complexity index is 607. The van der Waals surface area contributed by atoms with E-state index in [4.69, 9.17) is 14.6 Å². The smallest absolute Gasteiger partial charge is 0.335 e. The molecule has 110 valence electrons. The van der Waals surface area contributed by atoms with Crippen molar-refractivity contribution in [1.82, 2.24) is 0 Å². The monoisotopic (exact) mass is 286 g/mol. The van der Waals surface area contributed by atoms with Crippen LogP contribution in [-0.4, -0.2) is 24.3 Å². The van der Waals surface area contributed by atoms with Crippen LogP contribution in [-0.2, 0) is 0 Å². The Morgan fingerprint density at radius 1 is 1.05 bits per heavy atom. The van der Waals surface area contributed by atoms with Crippen LogP contribution in [0.25, 0.3) is 0 Å². The number of hydrogen-bond donors (Lipinski definition) is 1. The van der Waals surface area contributed by atoms with Crippen molar-refractivity contribution in [3.05, 3.63) is 59.7 Å². The fraction of sp³-hybridized carbons (Fsp3) is 0.235. The van der Waals surface area contributed by atoms with Gasteiger partial charge in [0.2, 0.25) is 0 Å². The molecule has 0 saturated carbocycles. The van der Waals surface area contributed by atoms with Crippen LogP contribution >= 0.6 is 0 Å². The minimum atomic E-state index is -0.955. The van der Waals surface area contributed by atoms with Crippen molar-refractivity contribution in [3.8, 4) is 11.5 Å². The van der Waals surface area contributed by atoms with Gasteiger partial charge >= 0.3 is 5.97 Å². The van der Waals surface area contributed by atoms with E-state index in [0.717, 1.165) is 17.7 Å². The van der Waals surface area contributed by atoms with Gasteiger partial charge in [0.05, 0.1) is 18.8 Å². The summed E-state index contributed by atoms with van der Waals surface area (Å²) in [6.07, 6.45) is 0.728. The van der Waals surface area contributed by atoms with Crippen molar-refractivity contribution in [2.45, 2.75) is 13.3 Å². The molecule has 0 aromatic heterocycles. The number of para-hydroxylation sites is 1. The van der Waals surface area contributed by atoms with Crippen molar-refractivity contribution in [3.63, 3.8) is 0 Å². The molecule has 0 bridgehead atoms. The Morgan fingerprint density at radius 3 is 2.57 bits per heavy atom. The summed E-state index contributed by atoms with van der Waals surface area (Å²) in [4.78, 5) is 10.8. The number of aryl methyl sites for hydroxylation is 1.